The number of carbonyl (C=O) groups is 1. The molecule has 1 aliphatic heterocycles. The van der Waals surface area contributed by atoms with E-state index in [9.17, 15) is 9.18 Å². The number of hydrogen-bond acceptors (Lipinski definition) is 4. The van der Waals surface area contributed by atoms with Gasteiger partial charge in [-0.3, -0.25) is 4.79 Å². The minimum atomic E-state index is -0.316. The molecule has 0 spiro atoms. The Hall–Kier alpha value is -2.34. The van der Waals surface area contributed by atoms with Gasteiger partial charge >= 0.3 is 0 Å². The summed E-state index contributed by atoms with van der Waals surface area (Å²) in [5.41, 5.74) is 1.47. The van der Waals surface area contributed by atoms with E-state index >= 15 is 0 Å². The van der Waals surface area contributed by atoms with Crippen LogP contribution >= 0.6 is 0 Å². The van der Waals surface area contributed by atoms with Gasteiger partial charge in [0, 0.05) is 23.9 Å². The first-order valence-electron chi connectivity index (χ1n) is 8.05. The van der Waals surface area contributed by atoms with Gasteiger partial charge in [0.2, 0.25) is 5.91 Å². The highest BCUT2D eigenvalue weighted by molar-refractivity contribution is 5.82. The third-order valence-electron chi connectivity index (χ3n) is 4.48. The van der Waals surface area contributed by atoms with Gasteiger partial charge in [-0.25, -0.2) is 4.39 Å². The molecular weight excluding hydrogens is 313 g/mol. The van der Waals surface area contributed by atoms with E-state index in [1.807, 2.05) is 12.1 Å². The molecule has 1 aromatic carbocycles. The van der Waals surface area contributed by atoms with Crippen LogP contribution in [0.4, 0.5) is 4.39 Å². The molecule has 1 saturated carbocycles. The molecule has 0 radical (unpaired) electrons. The lowest BCUT2D eigenvalue weighted by molar-refractivity contribution is -0.122. The summed E-state index contributed by atoms with van der Waals surface area (Å²) < 4.78 is 29.7. The summed E-state index contributed by atoms with van der Waals surface area (Å²) in [4.78, 5) is 12.2. The Balaban J connectivity index is 1.33. The molecule has 0 saturated heterocycles. The van der Waals surface area contributed by atoms with Crippen LogP contribution in [0.1, 0.15) is 29.2 Å². The molecular formula is C18H18FNO4. The van der Waals surface area contributed by atoms with Crippen molar-refractivity contribution in [3.8, 4) is 5.75 Å². The predicted molar refractivity (Wildman–Crippen MR) is 83.0 cm³/mol. The summed E-state index contributed by atoms with van der Waals surface area (Å²) in [5.74, 6) is 1.40. The Morgan fingerprint density at radius 2 is 2.29 bits per heavy atom. The maximum atomic E-state index is 13.7. The van der Waals surface area contributed by atoms with Crippen LogP contribution < -0.4 is 10.1 Å². The number of ether oxygens (including phenoxy) is 2. The SMILES string of the molecule is O=C(NCCc1cc(F)cc2c1OCOC2)C1CC1c1ccco1. The van der Waals surface area contributed by atoms with Gasteiger partial charge in [-0.2, -0.15) is 0 Å². The molecule has 2 unspecified atom stereocenters. The average Bonchev–Trinajstić information content (AvgIpc) is 3.20. The molecule has 1 amide bonds. The smallest absolute Gasteiger partial charge is 0.223 e. The van der Waals surface area contributed by atoms with E-state index < -0.39 is 0 Å². The maximum Gasteiger partial charge on any atom is 0.223 e. The van der Waals surface area contributed by atoms with E-state index in [1.54, 1.807) is 6.26 Å². The van der Waals surface area contributed by atoms with Crippen LogP contribution in [-0.4, -0.2) is 19.2 Å². The van der Waals surface area contributed by atoms with Crippen molar-refractivity contribution in [3.63, 3.8) is 0 Å². The highest BCUT2D eigenvalue weighted by Crippen LogP contribution is 2.47. The van der Waals surface area contributed by atoms with Crippen LogP contribution in [0.5, 0.6) is 5.75 Å². The van der Waals surface area contributed by atoms with E-state index in [4.69, 9.17) is 13.9 Å². The van der Waals surface area contributed by atoms with Crippen molar-refractivity contribution in [2.24, 2.45) is 5.92 Å². The second kappa shape index (κ2) is 6.28. The van der Waals surface area contributed by atoms with Gasteiger partial charge in [0.25, 0.3) is 0 Å². The molecule has 0 bridgehead atoms. The van der Waals surface area contributed by atoms with Crippen LogP contribution in [0.3, 0.4) is 0 Å². The quantitative estimate of drug-likeness (QED) is 0.915. The van der Waals surface area contributed by atoms with E-state index in [1.165, 1.54) is 12.1 Å². The Bertz CT molecular complexity index is 744. The minimum Gasteiger partial charge on any atom is -0.469 e. The Morgan fingerprint density at radius 3 is 3.12 bits per heavy atom. The first-order valence-corrected chi connectivity index (χ1v) is 8.05. The fourth-order valence-electron chi connectivity index (χ4n) is 3.20. The number of carbonyl (C=O) groups excluding carboxylic acids is 1. The number of nitrogens with one attached hydrogen (secondary N) is 1. The molecule has 4 rings (SSSR count). The Labute approximate surface area is 138 Å². The van der Waals surface area contributed by atoms with Crippen LogP contribution in [0.15, 0.2) is 34.9 Å². The number of fused-ring (bicyclic) bond motifs is 1. The van der Waals surface area contributed by atoms with Gasteiger partial charge in [0.15, 0.2) is 6.79 Å². The molecule has 2 atom stereocenters. The fourth-order valence-corrected chi connectivity index (χ4v) is 3.20. The van der Waals surface area contributed by atoms with Crippen molar-refractivity contribution in [2.45, 2.75) is 25.4 Å². The zero-order valence-electron chi connectivity index (χ0n) is 13.1. The zero-order valence-corrected chi connectivity index (χ0v) is 13.1. The first-order chi connectivity index (χ1) is 11.7. The van der Waals surface area contributed by atoms with Crippen LogP contribution in [0, 0.1) is 11.7 Å². The van der Waals surface area contributed by atoms with Crippen molar-refractivity contribution in [3.05, 3.63) is 53.2 Å². The molecule has 1 fully saturated rings. The maximum absolute atomic E-state index is 13.7. The van der Waals surface area contributed by atoms with Gasteiger partial charge in [0.05, 0.1) is 12.9 Å². The highest BCUT2D eigenvalue weighted by Gasteiger charge is 2.45. The molecule has 24 heavy (non-hydrogen) atoms. The van der Waals surface area contributed by atoms with Crippen molar-refractivity contribution in [1.29, 1.82) is 0 Å². The Kier molecular flexibility index (Phi) is 3.98. The third-order valence-corrected chi connectivity index (χ3v) is 4.48. The summed E-state index contributed by atoms with van der Waals surface area (Å²) in [6.45, 7) is 0.963. The topological polar surface area (TPSA) is 60.7 Å². The molecule has 1 N–H and O–H groups in total. The molecule has 2 heterocycles. The summed E-state index contributed by atoms with van der Waals surface area (Å²) in [6, 6.07) is 6.61. The monoisotopic (exact) mass is 331 g/mol. The summed E-state index contributed by atoms with van der Waals surface area (Å²) in [6.07, 6.45) is 2.96. The van der Waals surface area contributed by atoms with Gasteiger partial charge < -0.3 is 19.2 Å². The highest BCUT2D eigenvalue weighted by atomic mass is 19.1. The van der Waals surface area contributed by atoms with Crippen molar-refractivity contribution in [2.75, 3.05) is 13.3 Å². The summed E-state index contributed by atoms with van der Waals surface area (Å²) in [5, 5.41) is 2.92. The lowest BCUT2D eigenvalue weighted by Gasteiger charge is -2.21. The van der Waals surface area contributed by atoms with Gasteiger partial charge in [-0.1, -0.05) is 0 Å². The van der Waals surface area contributed by atoms with Crippen molar-refractivity contribution in [1.82, 2.24) is 5.32 Å². The standard InChI is InChI=1S/C18H18FNO4/c19-13-6-11(17-12(7-13)9-22-10-24-17)3-4-20-18(21)15-8-14(15)16-2-1-5-23-16/h1-2,5-7,14-15H,3-4,8-10H2,(H,20,21). The average molecular weight is 331 g/mol. The van der Waals surface area contributed by atoms with E-state index in [0.29, 0.717) is 30.9 Å². The first kappa shape index (κ1) is 15.2. The van der Waals surface area contributed by atoms with Crippen LogP contribution in [0.25, 0.3) is 0 Å². The minimum absolute atomic E-state index is 0.0194. The number of furan rings is 1. The molecule has 1 aliphatic carbocycles. The van der Waals surface area contributed by atoms with E-state index in [2.05, 4.69) is 5.32 Å². The summed E-state index contributed by atoms with van der Waals surface area (Å²) in [7, 11) is 0. The number of amides is 1. The molecule has 6 heteroatoms. The van der Waals surface area contributed by atoms with E-state index in [0.717, 1.165) is 17.7 Å². The lowest BCUT2D eigenvalue weighted by atomic mass is 10.1. The number of halogens is 1. The molecule has 1 aromatic heterocycles. The van der Waals surface area contributed by atoms with Gasteiger partial charge in [-0.05, 0) is 42.7 Å². The number of hydrogen-bond donors (Lipinski definition) is 1. The van der Waals surface area contributed by atoms with E-state index in [-0.39, 0.29) is 30.4 Å². The lowest BCUT2D eigenvalue weighted by Crippen LogP contribution is -2.28. The summed E-state index contributed by atoms with van der Waals surface area (Å²) >= 11 is 0. The van der Waals surface area contributed by atoms with Gasteiger partial charge in [-0.15, -0.1) is 0 Å². The zero-order chi connectivity index (χ0) is 16.5. The van der Waals surface area contributed by atoms with Crippen molar-refractivity contribution < 1.29 is 23.1 Å². The second-order valence-corrected chi connectivity index (χ2v) is 6.17. The third kappa shape index (κ3) is 3.01. The number of rotatable bonds is 5. The molecule has 126 valence electrons. The van der Waals surface area contributed by atoms with Crippen LogP contribution in [-0.2, 0) is 22.6 Å². The van der Waals surface area contributed by atoms with Crippen molar-refractivity contribution >= 4 is 5.91 Å². The van der Waals surface area contributed by atoms with Gasteiger partial charge in [0.1, 0.15) is 17.3 Å². The Morgan fingerprint density at radius 1 is 1.38 bits per heavy atom. The molecule has 2 aliphatic rings. The second-order valence-electron chi connectivity index (χ2n) is 6.17. The fraction of sp³-hybridized carbons (Fsp3) is 0.389. The number of benzene rings is 1. The molecule has 2 aromatic rings. The predicted octanol–water partition coefficient (Wildman–Crippen LogP) is 2.75. The van der Waals surface area contributed by atoms with Crippen LogP contribution in [0.2, 0.25) is 0 Å². The normalized spacial score (nSPS) is 21.7. The largest absolute Gasteiger partial charge is 0.469 e. The molecule has 5 nitrogen and oxygen atoms in total.